The van der Waals surface area contributed by atoms with Gasteiger partial charge in [-0.15, -0.1) is 0 Å². The van der Waals surface area contributed by atoms with Crippen LogP contribution in [-0.2, 0) is 6.42 Å². The summed E-state index contributed by atoms with van der Waals surface area (Å²) < 4.78 is 4.85. The number of nitrogens with zero attached hydrogens (tertiary/aromatic N) is 1. The highest BCUT2D eigenvalue weighted by Crippen LogP contribution is 2.09. The molecular weight excluding hydrogens is 150 g/mol. The standard InChI is InChI=1S/C10H17NO/c1-3-4-5-6-7-10-9(2)8-12-11-10/h8H,3-7H2,1-2H3. The van der Waals surface area contributed by atoms with Gasteiger partial charge in [-0.2, -0.15) is 0 Å². The Kier molecular flexibility index (Phi) is 3.85. The normalized spacial score (nSPS) is 10.5. The molecule has 0 fully saturated rings. The fourth-order valence-electron chi connectivity index (χ4n) is 1.27. The van der Waals surface area contributed by atoms with Crippen LogP contribution in [0.4, 0.5) is 0 Å². The summed E-state index contributed by atoms with van der Waals surface area (Å²) in [6.45, 7) is 4.27. The van der Waals surface area contributed by atoms with Gasteiger partial charge in [-0.05, 0) is 19.8 Å². The van der Waals surface area contributed by atoms with Gasteiger partial charge in [-0.3, -0.25) is 0 Å². The van der Waals surface area contributed by atoms with E-state index in [9.17, 15) is 0 Å². The molecule has 2 nitrogen and oxygen atoms in total. The molecule has 0 unspecified atom stereocenters. The number of rotatable bonds is 5. The van der Waals surface area contributed by atoms with Crippen molar-refractivity contribution in [2.75, 3.05) is 0 Å². The van der Waals surface area contributed by atoms with Crippen LogP contribution in [0.3, 0.4) is 0 Å². The van der Waals surface area contributed by atoms with Gasteiger partial charge in [0, 0.05) is 5.56 Å². The minimum Gasteiger partial charge on any atom is -0.364 e. The monoisotopic (exact) mass is 167 g/mol. The second-order valence-corrected chi connectivity index (χ2v) is 3.25. The summed E-state index contributed by atoms with van der Waals surface area (Å²) in [5.41, 5.74) is 2.32. The van der Waals surface area contributed by atoms with E-state index in [4.69, 9.17) is 4.52 Å². The Morgan fingerprint density at radius 2 is 2.17 bits per heavy atom. The van der Waals surface area contributed by atoms with Gasteiger partial charge in [-0.25, -0.2) is 0 Å². The van der Waals surface area contributed by atoms with E-state index in [0.717, 1.165) is 12.1 Å². The molecule has 0 amide bonds. The highest BCUT2D eigenvalue weighted by atomic mass is 16.5. The lowest BCUT2D eigenvalue weighted by molar-refractivity contribution is 0.410. The molecule has 0 N–H and O–H groups in total. The van der Waals surface area contributed by atoms with Gasteiger partial charge in [-0.1, -0.05) is 31.3 Å². The molecular formula is C10H17NO. The SMILES string of the molecule is CCCCCCc1nocc1C. The number of hydrogen-bond acceptors (Lipinski definition) is 2. The molecule has 0 saturated heterocycles. The van der Waals surface area contributed by atoms with Gasteiger partial charge in [0.15, 0.2) is 0 Å². The Labute approximate surface area is 74.0 Å². The smallest absolute Gasteiger partial charge is 0.126 e. The van der Waals surface area contributed by atoms with Crippen LogP contribution in [0, 0.1) is 6.92 Å². The van der Waals surface area contributed by atoms with Gasteiger partial charge in [0.2, 0.25) is 0 Å². The van der Waals surface area contributed by atoms with Crippen LogP contribution in [-0.4, -0.2) is 5.16 Å². The summed E-state index contributed by atoms with van der Waals surface area (Å²) in [6, 6.07) is 0. The van der Waals surface area contributed by atoms with Crippen molar-refractivity contribution in [2.45, 2.75) is 46.0 Å². The van der Waals surface area contributed by atoms with E-state index >= 15 is 0 Å². The molecule has 1 rings (SSSR count). The predicted molar refractivity (Wildman–Crippen MR) is 49.1 cm³/mol. The molecule has 0 aliphatic carbocycles. The van der Waals surface area contributed by atoms with Gasteiger partial charge in [0.25, 0.3) is 0 Å². The Hall–Kier alpha value is -0.790. The highest BCUT2D eigenvalue weighted by Gasteiger charge is 2.01. The zero-order chi connectivity index (χ0) is 8.81. The van der Waals surface area contributed by atoms with Crippen molar-refractivity contribution < 1.29 is 4.52 Å². The summed E-state index contributed by atoms with van der Waals surface area (Å²) >= 11 is 0. The molecule has 1 aromatic rings. The number of unbranched alkanes of at least 4 members (excludes halogenated alkanes) is 3. The molecule has 1 heterocycles. The fraction of sp³-hybridized carbons (Fsp3) is 0.700. The minimum atomic E-state index is 1.07. The van der Waals surface area contributed by atoms with Crippen molar-refractivity contribution in [3.05, 3.63) is 17.5 Å². The molecule has 2 heteroatoms. The van der Waals surface area contributed by atoms with E-state index in [1.54, 1.807) is 6.26 Å². The molecule has 0 aliphatic rings. The minimum absolute atomic E-state index is 1.07. The molecule has 12 heavy (non-hydrogen) atoms. The molecule has 0 radical (unpaired) electrons. The molecule has 0 atom stereocenters. The van der Waals surface area contributed by atoms with Gasteiger partial charge in [0.05, 0.1) is 5.69 Å². The molecule has 0 aliphatic heterocycles. The lowest BCUT2D eigenvalue weighted by atomic mass is 10.1. The summed E-state index contributed by atoms with van der Waals surface area (Å²) in [4.78, 5) is 0. The predicted octanol–water partition coefficient (Wildman–Crippen LogP) is 3.11. The summed E-state index contributed by atoms with van der Waals surface area (Å²) in [5, 5.41) is 3.94. The van der Waals surface area contributed by atoms with Crippen molar-refractivity contribution in [1.82, 2.24) is 5.16 Å². The van der Waals surface area contributed by atoms with E-state index in [2.05, 4.69) is 12.1 Å². The van der Waals surface area contributed by atoms with Crippen molar-refractivity contribution >= 4 is 0 Å². The average Bonchev–Trinajstić information content (AvgIpc) is 2.46. The first-order valence-corrected chi connectivity index (χ1v) is 4.74. The quantitative estimate of drug-likeness (QED) is 0.630. The van der Waals surface area contributed by atoms with Crippen LogP contribution in [0.1, 0.15) is 43.9 Å². The summed E-state index contributed by atoms with van der Waals surface area (Å²) in [5.74, 6) is 0. The number of hydrogen-bond donors (Lipinski definition) is 0. The molecule has 0 aromatic carbocycles. The Bertz CT molecular complexity index is 217. The zero-order valence-corrected chi connectivity index (χ0v) is 7.97. The first-order valence-electron chi connectivity index (χ1n) is 4.74. The van der Waals surface area contributed by atoms with Crippen LogP contribution in [0.15, 0.2) is 10.8 Å². The van der Waals surface area contributed by atoms with E-state index in [1.165, 1.54) is 31.2 Å². The van der Waals surface area contributed by atoms with Crippen molar-refractivity contribution in [3.63, 3.8) is 0 Å². The van der Waals surface area contributed by atoms with Gasteiger partial charge < -0.3 is 4.52 Å². The summed E-state index contributed by atoms with van der Waals surface area (Å²) in [6.07, 6.45) is 7.95. The van der Waals surface area contributed by atoms with Crippen LogP contribution < -0.4 is 0 Å². The number of aromatic nitrogens is 1. The maximum absolute atomic E-state index is 4.85. The van der Waals surface area contributed by atoms with Crippen LogP contribution in [0.5, 0.6) is 0 Å². The van der Waals surface area contributed by atoms with Crippen molar-refractivity contribution in [1.29, 1.82) is 0 Å². The topological polar surface area (TPSA) is 26.0 Å². The second kappa shape index (κ2) is 4.96. The lowest BCUT2D eigenvalue weighted by Gasteiger charge is -1.96. The molecule has 1 aromatic heterocycles. The average molecular weight is 167 g/mol. The maximum Gasteiger partial charge on any atom is 0.126 e. The lowest BCUT2D eigenvalue weighted by Crippen LogP contribution is -1.87. The van der Waals surface area contributed by atoms with Crippen LogP contribution in [0.25, 0.3) is 0 Å². The van der Waals surface area contributed by atoms with Crippen LogP contribution >= 0.6 is 0 Å². The van der Waals surface area contributed by atoms with Crippen LogP contribution in [0.2, 0.25) is 0 Å². The third-order valence-corrected chi connectivity index (χ3v) is 2.11. The Morgan fingerprint density at radius 3 is 2.75 bits per heavy atom. The Morgan fingerprint density at radius 1 is 1.33 bits per heavy atom. The van der Waals surface area contributed by atoms with E-state index < -0.39 is 0 Å². The molecule has 68 valence electrons. The number of aryl methyl sites for hydroxylation is 2. The van der Waals surface area contributed by atoms with E-state index in [0.29, 0.717) is 0 Å². The first kappa shape index (κ1) is 9.30. The molecule has 0 saturated carbocycles. The van der Waals surface area contributed by atoms with Gasteiger partial charge >= 0.3 is 0 Å². The molecule has 0 spiro atoms. The largest absolute Gasteiger partial charge is 0.364 e. The second-order valence-electron chi connectivity index (χ2n) is 3.25. The third-order valence-electron chi connectivity index (χ3n) is 2.11. The highest BCUT2D eigenvalue weighted by molar-refractivity contribution is 5.11. The third kappa shape index (κ3) is 2.68. The zero-order valence-electron chi connectivity index (χ0n) is 7.97. The maximum atomic E-state index is 4.85. The fourth-order valence-corrected chi connectivity index (χ4v) is 1.27. The van der Waals surface area contributed by atoms with Crippen molar-refractivity contribution in [2.24, 2.45) is 0 Å². The first-order chi connectivity index (χ1) is 5.84. The van der Waals surface area contributed by atoms with E-state index in [1.807, 2.05) is 6.92 Å². The Balaban J connectivity index is 2.20. The van der Waals surface area contributed by atoms with Crippen molar-refractivity contribution in [3.8, 4) is 0 Å². The van der Waals surface area contributed by atoms with E-state index in [-0.39, 0.29) is 0 Å². The van der Waals surface area contributed by atoms with Gasteiger partial charge in [0.1, 0.15) is 6.26 Å². The molecule has 0 bridgehead atoms. The summed E-state index contributed by atoms with van der Waals surface area (Å²) in [7, 11) is 0.